The molecule has 0 aliphatic carbocycles. The Labute approximate surface area is 162 Å². The number of amides is 1. The van der Waals surface area contributed by atoms with E-state index in [4.69, 9.17) is 0 Å². The van der Waals surface area contributed by atoms with Gasteiger partial charge in [-0.1, -0.05) is 13.3 Å². The van der Waals surface area contributed by atoms with Crippen LogP contribution in [0, 0.1) is 0 Å². The second-order valence-electron chi connectivity index (χ2n) is 7.19. The molecule has 27 heavy (non-hydrogen) atoms. The summed E-state index contributed by atoms with van der Waals surface area (Å²) >= 11 is 0. The van der Waals surface area contributed by atoms with Crippen LogP contribution in [0.15, 0.2) is 48.5 Å². The summed E-state index contributed by atoms with van der Waals surface area (Å²) in [5, 5.41) is 6.36. The van der Waals surface area contributed by atoms with Gasteiger partial charge in [0, 0.05) is 55.3 Å². The second-order valence-corrected chi connectivity index (χ2v) is 7.19. The topological polar surface area (TPSA) is 47.6 Å². The van der Waals surface area contributed by atoms with Crippen molar-refractivity contribution in [1.82, 2.24) is 4.90 Å². The summed E-state index contributed by atoms with van der Waals surface area (Å²) in [7, 11) is 2.17. The van der Waals surface area contributed by atoms with Crippen molar-refractivity contribution in [3.63, 3.8) is 0 Å². The molecule has 2 aromatic rings. The summed E-state index contributed by atoms with van der Waals surface area (Å²) in [6.07, 6.45) is 2.54. The zero-order chi connectivity index (χ0) is 19.1. The van der Waals surface area contributed by atoms with E-state index in [1.54, 1.807) is 0 Å². The number of nitrogens with one attached hydrogen (secondary N) is 2. The third kappa shape index (κ3) is 5.73. The lowest BCUT2D eigenvalue weighted by Gasteiger charge is -2.34. The Hall–Kier alpha value is -2.53. The van der Waals surface area contributed by atoms with Crippen LogP contribution in [0.5, 0.6) is 0 Å². The highest BCUT2D eigenvalue weighted by Gasteiger charge is 2.13. The van der Waals surface area contributed by atoms with Crippen molar-refractivity contribution >= 4 is 28.7 Å². The van der Waals surface area contributed by atoms with Gasteiger partial charge < -0.3 is 20.4 Å². The molecule has 5 nitrogen and oxygen atoms in total. The van der Waals surface area contributed by atoms with E-state index in [9.17, 15) is 4.79 Å². The summed E-state index contributed by atoms with van der Waals surface area (Å²) in [5.74, 6) is 0.0806. The third-order valence-electron chi connectivity index (χ3n) is 4.95. The van der Waals surface area contributed by atoms with Crippen LogP contribution in [0.1, 0.15) is 26.2 Å². The number of hydrogen-bond acceptors (Lipinski definition) is 4. The number of hydrogen-bond donors (Lipinski definition) is 2. The maximum atomic E-state index is 11.8. The number of anilines is 4. The van der Waals surface area contributed by atoms with Crippen molar-refractivity contribution in [2.45, 2.75) is 26.2 Å². The molecule has 0 aromatic heterocycles. The highest BCUT2D eigenvalue weighted by Crippen LogP contribution is 2.23. The van der Waals surface area contributed by atoms with E-state index in [1.807, 2.05) is 24.3 Å². The largest absolute Gasteiger partial charge is 0.369 e. The molecule has 1 aliphatic heterocycles. The quantitative estimate of drug-likeness (QED) is 0.766. The smallest absolute Gasteiger partial charge is 0.224 e. The van der Waals surface area contributed by atoms with Crippen molar-refractivity contribution in [2.24, 2.45) is 0 Å². The fourth-order valence-electron chi connectivity index (χ4n) is 3.18. The predicted octanol–water partition coefficient (Wildman–Crippen LogP) is 4.31. The SMILES string of the molecule is CCCCC(=O)Nc1ccc(Nc2ccc(N3CCN(C)CC3)cc2)cc1. The van der Waals surface area contributed by atoms with Crippen LogP contribution in [-0.4, -0.2) is 44.0 Å². The summed E-state index contributed by atoms with van der Waals surface area (Å²) in [6, 6.07) is 16.4. The standard InChI is InChI=1S/C22H30N4O/c1-3-4-5-22(27)24-20-8-6-18(7-9-20)23-19-10-12-21(13-11-19)26-16-14-25(2)15-17-26/h6-13,23H,3-5,14-17H2,1-2H3,(H,24,27). The molecule has 144 valence electrons. The van der Waals surface area contributed by atoms with Crippen LogP contribution < -0.4 is 15.5 Å². The summed E-state index contributed by atoms with van der Waals surface area (Å²) < 4.78 is 0. The fourth-order valence-corrected chi connectivity index (χ4v) is 3.18. The molecule has 1 amide bonds. The van der Waals surface area contributed by atoms with Crippen LogP contribution in [0.25, 0.3) is 0 Å². The lowest BCUT2D eigenvalue weighted by Crippen LogP contribution is -2.44. The van der Waals surface area contributed by atoms with Gasteiger partial charge in [-0.05, 0) is 62.0 Å². The second kappa shape index (κ2) is 9.42. The van der Waals surface area contributed by atoms with Crippen LogP contribution in [-0.2, 0) is 4.79 Å². The van der Waals surface area contributed by atoms with Gasteiger partial charge in [-0.3, -0.25) is 4.79 Å². The molecule has 2 N–H and O–H groups in total. The summed E-state index contributed by atoms with van der Waals surface area (Å²) in [6.45, 7) is 6.47. The Bertz CT molecular complexity index is 719. The third-order valence-corrected chi connectivity index (χ3v) is 4.95. The number of carbonyl (C=O) groups is 1. The highest BCUT2D eigenvalue weighted by atomic mass is 16.1. The van der Waals surface area contributed by atoms with Gasteiger partial charge in [0.1, 0.15) is 0 Å². The minimum Gasteiger partial charge on any atom is -0.369 e. The monoisotopic (exact) mass is 366 g/mol. The van der Waals surface area contributed by atoms with Crippen LogP contribution in [0.2, 0.25) is 0 Å². The van der Waals surface area contributed by atoms with Crippen LogP contribution in [0.3, 0.4) is 0 Å². The molecular formula is C22H30N4O. The Balaban J connectivity index is 1.53. The first-order valence-corrected chi connectivity index (χ1v) is 9.84. The molecule has 0 atom stereocenters. The van der Waals surface area contributed by atoms with Crippen molar-refractivity contribution < 1.29 is 4.79 Å². The number of carbonyl (C=O) groups excluding carboxylic acids is 1. The maximum absolute atomic E-state index is 11.8. The van der Waals surface area contributed by atoms with Gasteiger partial charge in [-0.15, -0.1) is 0 Å². The van der Waals surface area contributed by atoms with Gasteiger partial charge in [0.15, 0.2) is 0 Å². The molecular weight excluding hydrogens is 336 g/mol. The average molecular weight is 367 g/mol. The molecule has 1 saturated heterocycles. The Morgan fingerprint density at radius 1 is 0.889 bits per heavy atom. The number of piperazine rings is 1. The zero-order valence-corrected chi connectivity index (χ0v) is 16.4. The normalized spacial score (nSPS) is 14.8. The van der Waals surface area contributed by atoms with E-state index in [-0.39, 0.29) is 5.91 Å². The van der Waals surface area contributed by atoms with E-state index < -0.39 is 0 Å². The maximum Gasteiger partial charge on any atom is 0.224 e. The number of likely N-dealkylation sites (N-methyl/N-ethyl adjacent to an activating group) is 1. The predicted molar refractivity (Wildman–Crippen MR) is 114 cm³/mol. The number of rotatable bonds is 7. The van der Waals surface area contributed by atoms with E-state index in [0.717, 1.165) is 56.1 Å². The van der Waals surface area contributed by atoms with Gasteiger partial charge in [-0.2, -0.15) is 0 Å². The lowest BCUT2D eigenvalue weighted by molar-refractivity contribution is -0.116. The fraction of sp³-hybridized carbons (Fsp3) is 0.409. The molecule has 1 fully saturated rings. The van der Waals surface area contributed by atoms with E-state index >= 15 is 0 Å². The van der Waals surface area contributed by atoms with Crippen LogP contribution in [0.4, 0.5) is 22.7 Å². The Kier molecular flexibility index (Phi) is 6.71. The molecule has 1 heterocycles. The lowest BCUT2D eigenvalue weighted by atomic mass is 10.2. The van der Waals surface area contributed by atoms with E-state index in [1.165, 1.54) is 5.69 Å². The van der Waals surface area contributed by atoms with E-state index in [2.05, 4.69) is 58.7 Å². The van der Waals surface area contributed by atoms with Crippen molar-refractivity contribution in [3.05, 3.63) is 48.5 Å². The molecule has 0 unspecified atom stereocenters. The van der Waals surface area contributed by atoms with Crippen molar-refractivity contribution in [1.29, 1.82) is 0 Å². The first-order chi connectivity index (χ1) is 13.1. The van der Waals surface area contributed by atoms with Gasteiger partial charge in [0.25, 0.3) is 0 Å². The highest BCUT2D eigenvalue weighted by molar-refractivity contribution is 5.90. The first-order valence-electron chi connectivity index (χ1n) is 9.84. The van der Waals surface area contributed by atoms with Crippen LogP contribution >= 0.6 is 0 Å². The van der Waals surface area contributed by atoms with E-state index in [0.29, 0.717) is 6.42 Å². The van der Waals surface area contributed by atoms with Gasteiger partial charge in [0.05, 0.1) is 0 Å². The number of unbranched alkanes of at least 4 members (excludes halogenated alkanes) is 1. The minimum absolute atomic E-state index is 0.0806. The molecule has 5 heteroatoms. The molecule has 1 aliphatic rings. The summed E-state index contributed by atoms with van der Waals surface area (Å²) in [5.41, 5.74) is 4.19. The zero-order valence-electron chi connectivity index (χ0n) is 16.4. The number of nitrogens with zero attached hydrogens (tertiary/aromatic N) is 2. The molecule has 0 saturated carbocycles. The van der Waals surface area contributed by atoms with Gasteiger partial charge >= 0.3 is 0 Å². The van der Waals surface area contributed by atoms with Crippen molar-refractivity contribution in [3.8, 4) is 0 Å². The molecule has 2 aromatic carbocycles. The summed E-state index contributed by atoms with van der Waals surface area (Å²) in [4.78, 5) is 16.6. The minimum atomic E-state index is 0.0806. The Morgan fingerprint density at radius 3 is 2.04 bits per heavy atom. The number of benzene rings is 2. The Morgan fingerprint density at radius 2 is 1.44 bits per heavy atom. The van der Waals surface area contributed by atoms with Crippen molar-refractivity contribution in [2.75, 3.05) is 48.8 Å². The average Bonchev–Trinajstić information content (AvgIpc) is 2.69. The molecule has 0 bridgehead atoms. The molecule has 0 radical (unpaired) electrons. The molecule has 0 spiro atoms. The van der Waals surface area contributed by atoms with Gasteiger partial charge in [0.2, 0.25) is 5.91 Å². The first kappa shape index (κ1) is 19.2. The molecule has 3 rings (SSSR count). The van der Waals surface area contributed by atoms with Gasteiger partial charge in [-0.25, -0.2) is 0 Å².